The van der Waals surface area contributed by atoms with Gasteiger partial charge in [0, 0.05) is 11.5 Å². The lowest BCUT2D eigenvalue weighted by atomic mass is 10.5. The highest BCUT2D eigenvalue weighted by atomic mass is 33.7. The highest BCUT2D eigenvalue weighted by molar-refractivity contribution is 9.26. The second-order valence-electron chi connectivity index (χ2n) is 3.19. The van der Waals surface area contributed by atoms with E-state index in [9.17, 15) is 0 Å². The van der Waals surface area contributed by atoms with Gasteiger partial charge in [-0.25, -0.2) is 0 Å². The molecule has 0 spiro atoms. The van der Waals surface area contributed by atoms with Gasteiger partial charge >= 0.3 is 0 Å². The van der Waals surface area contributed by atoms with Crippen molar-refractivity contribution in [2.45, 2.75) is 26.7 Å². The summed E-state index contributed by atoms with van der Waals surface area (Å²) in [4.78, 5) is 0. The van der Waals surface area contributed by atoms with E-state index in [1.165, 1.54) is 24.3 Å². The Morgan fingerprint density at radius 1 is 0.750 bits per heavy atom. The summed E-state index contributed by atoms with van der Waals surface area (Å²) in [5.74, 6) is 2.51. The molecule has 0 rings (SSSR count). The predicted molar refractivity (Wildman–Crippen MR) is 86.4 cm³/mol. The van der Waals surface area contributed by atoms with Crippen molar-refractivity contribution in [1.29, 1.82) is 0 Å². The molecule has 0 amide bonds. The van der Waals surface area contributed by atoms with E-state index in [0.29, 0.717) is 0 Å². The fraction of sp³-hybridized carbons (Fsp3) is 1.00. The Labute approximate surface area is 116 Å². The van der Waals surface area contributed by atoms with E-state index >= 15 is 0 Å². The van der Waals surface area contributed by atoms with E-state index in [0.717, 1.165) is 26.2 Å². The largest absolute Gasteiger partial charge is 0.317 e. The summed E-state index contributed by atoms with van der Waals surface area (Å²) >= 11 is 0. The van der Waals surface area contributed by atoms with Gasteiger partial charge in [-0.15, -0.1) is 0 Å². The third-order valence-corrected chi connectivity index (χ3v) is 8.42. The van der Waals surface area contributed by atoms with E-state index in [4.69, 9.17) is 0 Å². The molecule has 0 saturated heterocycles. The van der Waals surface area contributed by atoms with E-state index in [-0.39, 0.29) is 0 Å². The minimum Gasteiger partial charge on any atom is -0.317 e. The first kappa shape index (κ1) is 17.3. The molecule has 0 aromatic rings. The van der Waals surface area contributed by atoms with Crippen LogP contribution < -0.4 is 10.6 Å². The van der Waals surface area contributed by atoms with E-state index < -0.39 is 0 Å². The molecule has 16 heavy (non-hydrogen) atoms. The first-order valence-electron chi connectivity index (χ1n) is 5.91. The maximum Gasteiger partial charge on any atom is 0.00575 e. The van der Waals surface area contributed by atoms with Crippen LogP contribution in [0.1, 0.15) is 26.7 Å². The lowest BCUT2D eigenvalue weighted by Crippen LogP contribution is -2.14. The highest BCUT2D eigenvalue weighted by Gasteiger charge is 1.93. The van der Waals surface area contributed by atoms with Crippen LogP contribution in [0.15, 0.2) is 0 Å². The van der Waals surface area contributed by atoms with Gasteiger partial charge in [-0.1, -0.05) is 35.4 Å². The van der Waals surface area contributed by atoms with Crippen molar-refractivity contribution in [2.24, 2.45) is 0 Å². The topological polar surface area (TPSA) is 24.1 Å². The third kappa shape index (κ3) is 15.3. The van der Waals surface area contributed by atoms with Crippen LogP contribution in [-0.2, 0) is 0 Å². The molecular weight excluding hydrogens is 276 g/mol. The van der Waals surface area contributed by atoms with Gasteiger partial charge in [0.25, 0.3) is 0 Å². The average molecular weight is 301 g/mol. The summed E-state index contributed by atoms with van der Waals surface area (Å²) in [7, 11) is 7.80. The Kier molecular flexibility index (Phi) is 17.7. The van der Waals surface area contributed by atoms with E-state index in [1.54, 1.807) is 0 Å². The molecule has 0 unspecified atom stereocenters. The van der Waals surface area contributed by atoms with Crippen LogP contribution in [-0.4, -0.2) is 37.7 Å². The molecule has 98 valence electrons. The van der Waals surface area contributed by atoms with Crippen molar-refractivity contribution in [1.82, 2.24) is 10.6 Å². The van der Waals surface area contributed by atoms with Crippen LogP contribution in [0.3, 0.4) is 0 Å². The average Bonchev–Trinajstić information content (AvgIpc) is 2.31. The molecule has 0 aromatic carbocycles. The number of rotatable bonds is 13. The lowest BCUT2D eigenvalue weighted by Gasteiger charge is -2.02. The molecule has 0 bridgehead atoms. The summed E-state index contributed by atoms with van der Waals surface area (Å²) in [6, 6.07) is 0. The molecular formula is C10H24N2S4. The van der Waals surface area contributed by atoms with Crippen molar-refractivity contribution >= 4 is 41.2 Å². The molecule has 6 heteroatoms. The minimum atomic E-state index is 1.09. The van der Waals surface area contributed by atoms with Crippen molar-refractivity contribution in [3.05, 3.63) is 0 Å². The first-order valence-corrected chi connectivity index (χ1v) is 11.1. The lowest BCUT2D eigenvalue weighted by molar-refractivity contribution is 0.708. The van der Waals surface area contributed by atoms with Gasteiger partial charge in [0.2, 0.25) is 0 Å². The monoisotopic (exact) mass is 300 g/mol. The van der Waals surface area contributed by atoms with Crippen LogP contribution >= 0.6 is 41.2 Å². The quantitative estimate of drug-likeness (QED) is 0.398. The second-order valence-corrected chi connectivity index (χ2v) is 9.43. The Morgan fingerprint density at radius 2 is 1.19 bits per heavy atom. The van der Waals surface area contributed by atoms with Crippen LogP contribution in [0.25, 0.3) is 0 Å². The zero-order valence-electron chi connectivity index (χ0n) is 10.3. The summed E-state index contributed by atoms with van der Waals surface area (Å²) in [5, 5.41) is 6.67. The summed E-state index contributed by atoms with van der Waals surface area (Å²) < 4.78 is 0. The fourth-order valence-electron chi connectivity index (χ4n) is 0.973. The van der Waals surface area contributed by atoms with Gasteiger partial charge in [0.05, 0.1) is 0 Å². The standard InChI is InChI=1S/C10H24N2S4/c1-3-11-7-5-9-13-15-16-14-10-6-8-12-4-2/h11-12H,3-10H2,1-2H3. The molecule has 0 saturated carbocycles. The maximum atomic E-state index is 3.34. The Bertz CT molecular complexity index is 113. The fourth-order valence-corrected chi connectivity index (χ4v) is 7.12. The van der Waals surface area contributed by atoms with Gasteiger partial charge in [-0.2, -0.15) is 0 Å². The van der Waals surface area contributed by atoms with E-state index in [2.05, 4.69) is 24.5 Å². The van der Waals surface area contributed by atoms with Crippen molar-refractivity contribution in [3.8, 4) is 0 Å². The Hall–Kier alpha value is 1.32. The van der Waals surface area contributed by atoms with Gasteiger partial charge in [-0.05, 0) is 58.7 Å². The zero-order valence-corrected chi connectivity index (χ0v) is 13.6. The van der Waals surface area contributed by atoms with Gasteiger partial charge in [0.15, 0.2) is 0 Å². The second kappa shape index (κ2) is 16.3. The zero-order chi connectivity index (χ0) is 11.9. The molecule has 2 nitrogen and oxygen atoms in total. The van der Waals surface area contributed by atoms with Gasteiger partial charge in [-0.3, -0.25) is 0 Å². The van der Waals surface area contributed by atoms with Crippen molar-refractivity contribution in [3.63, 3.8) is 0 Å². The summed E-state index contributed by atoms with van der Waals surface area (Å²) in [6.07, 6.45) is 2.55. The smallest absolute Gasteiger partial charge is 0.00575 e. The van der Waals surface area contributed by atoms with Crippen molar-refractivity contribution < 1.29 is 0 Å². The normalized spacial score (nSPS) is 10.9. The van der Waals surface area contributed by atoms with Gasteiger partial charge in [0.1, 0.15) is 0 Å². The molecule has 0 aliphatic carbocycles. The van der Waals surface area contributed by atoms with Crippen LogP contribution in [0.4, 0.5) is 0 Å². The minimum absolute atomic E-state index is 1.09. The van der Waals surface area contributed by atoms with Crippen molar-refractivity contribution in [2.75, 3.05) is 37.7 Å². The number of hydrogen-bond acceptors (Lipinski definition) is 6. The van der Waals surface area contributed by atoms with Crippen LogP contribution in [0, 0.1) is 0 Å². The molecule has 0 atom stereocenters. The van der Waals surface area contributed by atoms with E-state index in [1.807, 2.05) is 41.2 Å². The maximum absolute atomic E-state index is 3.34. The molecule has 0 radical (unpaired) electrons. The molecule has 0 aromatic heterocycles. The molecule has 0 fully saturated rings. The molecule has 2 N–H and O–H groups in total. The molecule has 0 heterocycles. The highest BCUT2D eigenvalue weighted by Crippen LogP contribution is 2.43. The summed E-state index contributed by atoms with van der Waals surface area (Å²) in [6.45, 7) is 8.81. The SMILES string of the molecule is CCNCCCSSSSCCCNCC. The van der Waals surface area contributed by atoms with Crippen LogP contribution in [0.2, 0.25) is 0 Å². The van der Waals surface area contributed by atoms with Gasteiger partial charge < -0.3 is 10.6 Å². The molecule has 0 aliphatic heterocycles. The van der Waals surface area contributed by atoms with Crippen LogP contribution in [0.5, 0.6) is 0 Å². The summed E-state index contributed by atoms with van der Waals surface area (Å²) in [5.41, 5.74) is 0. The Balaban J connectivity index is 2.83. The molecule has 0 aliphatic rings. The first-order chi connectivity index (χ1) is 7.91. The number of hydrogen-bond donors (Lipinski definition) is 2. The third-order valence-electron chi connectivity index (χ3n) is 1.79. The Morgan fingerprint density at radius 3 is 1.56 bits per heavy atom. The predicted octanol–water partition coefficient (Wildman–Crippen LogP) is 3.66. The number of nitrogens with one attached hydrogen (secondary N) is 2.